The molecule has 2 fully saturated rings. The van der Waals surface area contributed by atoms with E-state index in [-0.39, 0.29) is 5.92 Å². The van der Waals surface area contributed by atoms with Gasteiger partial charge in [-0.1, -0.05) is 24.3 Å². The summed E-state index contributed by atoms with van der Waals surface area (Å²) < 4.78 is 0. The van der Waals surface area contributed by atoms with Gasteiger partial charge in [-0.25, -0.2) is 0 Å². The van der Waals surface area contributed by atoms with Crippen LogP contribution in [0.1, 0.15) is 24.0 Å². The van der Waals surface area contributed by atoms with E-state index >= 15 is 0 Å². The molecule has 2 saturated heterocycles. The summed E-state index contributed by atoms with van der Waals surface area (Å²) in [6, 6.07) is 8.59. The van der Waals surface area contributed by atoms with Crippen molar-refractivity contribution in [2.75, 3.05) is 39.3 Å². The molecule has 120 valence electrons. The molecule has 1 aromatic carbocycles. The zero-order valence-electron chi connectivity index (χ0n) is 13.6. The third-order valence-electron chi connectivity index (χ3n) is 5.03. The van der Waals surface area contributed by atoms with Gasteiger partial charge in [-0.2, -0.15) is 0 Å². The van der Waals surface area contributed by atoms with E-state index in [2.05, 4.69) is 46.3 Å². The topological polar surface area (TPSA) is 35.6 Å². The second-order valence-electron chi connectivity index (χ2n) is 6.55. The molecule has 0 bridgehead atoms. The molecule has 1 N–H and O–H groups in total. The van der Waals surface area contributed by atoms with E-state index in [9.17, 15) is 4.79 Å². The van der Waals surface area contributed by atoms with Crippen LogP contribution in [0.5, 0.6) is 0 Å². The molecule has 2 heterocycles. The molecule has 2 aliphatic heterocycles. The van der Waals surface area contributed by atoms with Crippen LogP contribution < -0.4 is 5.32 Å². The molecule has 0 unspecified atom stereocenters. The predicted octanol–water partition coefficient (Wildman–Crippen LogP) is 1.64. The van der Waals surface area contributed by atoms with Crippen molar-refractivity contribution < 1.29 is 4.79 Å². The van der Waals surface area contributed by atoms with Crippen molar-refractivity contribution in [1.29, 1.82) is 0 Å². The van der Waals surface area contributed by atoms with Gasteiger partial charge in [0.2, 0.25) is 5.91 Å². The Bertz CT molecular complexity index is 503. The molecule has 0 spiro atoms. The van der Waals surface area contributed by atoms with Crippen molar-refractivity contribution in [2.24, 2.45) is 5.92 Å². The Kier molecular flexibility index (Phi) is 5.11. The number of rotatable bonds is 3. The van der Waals surface area contributed by atoms with Crippen LogP contribution in [-0.2, 0) is 11.3 Å². The zero-order chi connectivity index (χ0) is 15.4. The van der Waals surface area contributed by atoms with E-state index in [0.717, 1.165) is 58.7 Å². The van der Waals surface area contributed by atoms with Crippen LogP contribution in [0.4, 0.5) is 0 Å². The molecule has 2 aliphatic rings. The summed E-state index contributed by atoms with van der Waals surface area (Å²) in [7, 11) is 0. The maximum atomic E-state index is 12.6. The normalized spacial score (nSPS) is 21.0. The molecule has 4 nitrogen and oxygen atoms in total. The van der Waals surface area contributed by atoms with Crippen molar-refractivity contribution in [1.82, 2.24) is 15.1 Å². The summed E-state index contributed by atoms with van der Waals surface area (Å²) in [5.41, 5.74) is 2.76. The highest BCUT2D eigenvalue weighted by Gasteiger charge is 2.28. The molecular formula is C18H27N3O. The number of aryl methyl sites for hydroxylation is 1. The van der Waals surface area contributed by atoms with Gasteiger partial charge in [0, 0.05) is 38.6 Å². The van der Waals surface area contributed by atoms with Crippen LogP contribution >= 0.6 is 0 Å². The van der Waals surface area contributed by atoms with Gasteiger partial charge in [-0.05, 0) is 44.0 Å². The van der Waals surface area contributed by atoms with Crippen molar-refractivity contribution in [3.05, 3.63) is 35.4 Å². The minimum Gasteiger partial charge on any atom is -0.340 e. The van der Waals surface area contributed by atoms with Crippen LogP contribution in [0.2, 0.25) is 0 Å². The van der Waals surface area contributed by atoms with Crippen molar-refractivity contribution in [2.45, 2.75) is 26.3 Å². The van der Waals surface area contributed by atoms with Crippen molar-refractivity contribution in [3.8, 4) is 0 Å². The first-order chi connectivity index (χ1) is 10.7. The highest BCUT2D eigenvalue weighted by atomic mass is 16.2. The van der Waals surface area contributed by atoms with Gasteiger partial charge in [0.15, 0.2) is 0 Å². The van der Waals surface area contributed by atoms with Crippen molar-refractivity contribution in [3.63, 3.8) is 0 Å². The number of hydrogen-bond donors (Lipinski definition) is 1. The minimum absolute atomic E-state index is 0.254. The lowest BCUT2D eigenvalue weighted by atomic mass is 9.96. The number of hydrogen-bond acceptors (Lipinski definition) is 3. The number of carbonyl (C=O) groups excluding carboxylic acids is 1. The Labute approximate surface area is 133 Å². The quantitative estimate of drug-likeness (QED) is 0.922. The van der Waals surface area contributed by atoms with Gasteiger partial charge in [-0.3, -0.25) is 9.69 Å². The molecule has 0 aliphatic carbocycles. The number of piperidine rings is 1. The predicted molar refractivity (Wildman–Crippen MR) is 88.6 cm³/mol. The molecule has 22 heavy (non-hydrogen) atoms. The third kappa shape index (κ3) is 3.68. The second kappa shape index (κ2) is 7.25. The van der Waals surface area contributed by atoms with Crippen LogP contribution in [0.25, 0.3) is 0 Å². The summed E-state index contributed by atoms with van der Waals surface area (Å²) in [5, 5.41) is 3.33. The van der Waals surface area contributed by atoms with Crippen LogP contribution in [-0.4, -0.2) is 55.0 Å². The fourth-order valence-corrected chi connectivity index (χ4v) is 3.48. The number of amides is 1. The molecule has 0 atom stereocenters. The number of benzene rings is 1. The summed E-state index contributed by atoms with van der Waals surface area (Å²) in [5.74, 6) is 0.640. The largest absolute Gasteiger partial charge is 0.340 e. The molecule has 3 rings (SSSR count). The Morgan fingerprint density at radius 2 is 1.82 bits per heavy atom. The van der Waals surface area contributed by atoms with E-state index in [1.807, 2.05) is 0 Å². The SMILES string of the molecule is Cc1ccccc1CN1CCN(C(=O)C2CCNCC2)CC1. The first kappa shape index (κ1) is 15.5. The van der Waals surface area contributed by atoms with Gasteiger partial charge < -0.3 is 10.2 Å². The Morgan fingerprint density at radius 3 is 2.50 bits per heavy atom. The first-order valence-electron chi connectivity index (χ1n) is 8.50. The summed E-state index contributed by atoms with van der Waals surface area (Å²) in [6.07, 6.45) is 2.00. The van der Waals surface area contributed by atoms with Crippen molar-refractivity contribution >= 4 is 5.91 Å². The highest BCUT2D eigenvalue weighted by Crippen LogP contribution is 2.18. The molecule has 0 aromatic heterocycles. The number of nitrogens with one attached hydrogen (secondary N) is 1. The van der Waals surface area contributed by atoms with Gasteiger partial charge in [-0.15, -0.1) is 0 Å². The lowest BCUT2D eigenvalue weighted by Crippen LogP contribution is -2.51. The van der Waals surface area contributed by atoms with Crippen LogP contribution in [0.15, 0.2) is 24.3 Å². The fourth-order valence-electron chi connectivity index (χ4n) is 3.48. The van der Waals surface area contributed by atoms with E-state index < -0.39 is 0 Å². The maximum absolute atomic E-state index is 12.6. The average Bonchev–Trinajstić information content (AvgIpc) is 2.58. The standard InChI is InChI=1S/C18H27N3O/c1-15-4-2-3-5-17(15)14-20-10-12-21(13-11-20)18(22)16-6-8-19-9-7-16/h2-5,16,19H,6-14H2,1H3. The smallest absolute Gasteiger partial charge is 0.225 e. The molecular weight excluding hydrogens is 274 g/mol. The second-order valence-corrected chi connectivity index (χ2v) is 6.55. The van der Waals surface area contributed by atoms with E-state index in [1.165, 1.54) is 11.1 Å². The molecule has 1 amide bonds. The summed E-state index contributed by atoms with van der Waals surface area (Å²) in [4.78, 5) is 17.1. The molecule has 0 saturated carbocycles. The van der Waals surface area contributed by atoms with Crippen LogP contribution in [0, 0.1) is 12.8 Å². The lowest BCUT2D eigenvalue weighted by Gasteiger charge is -2.37. The molecule has 0 radical (unpaired) electrons. The summed E-state index contributed by atoms with van der Waals surface area (Å²) >= 11 is 0. The summed E-state index contributed by atoms with van der Waals surface area (Å²) in [6.45, 7) is 8.90. The fraction of sp³-hybridized carbons (Fsp3) is 0.611. The van der Waals surface area contributed by atoms with Gasteiger partial charge in [0.25, 0.3) is 0 Å². The average molecular weight is 301 g/mol. The lowest BCUT2D eigenvalue weighted by molar-refractivity contribution is -0.138. The highest BCUT2D eigenvalue weighted by molar-refractivity contribution is 5.79. The first-order valence-corrected chi connectivity index (χ1v) is 8.50. The van der Waals surface area contributed by atoms with Gasteiger partial charge in [0.05, 0.1) is 0 Å². The monoisotopic (exact) mass is 301 g/mol. The Hall–Kier alpha value is -1.39. The Morgan fingerprint density at radius 1 is 1.14 bits per heavy atom. The van der Waals surface area contributed by atoms with E-state index in [1.54, 1.807) is 0 Å². The number of piperazine rings is 1. The molecule has 4 heteroatoms. The number of carbonyl (C=O) groups is 1. The maximum Gasteiger partial charge on any atom is 0.225 e. The van der Waals surface area contributed by atoms with E-state index in [4.69, 9.17) is 0 Å². The van der Waals surface area contributed by atoms with Gasteiger partial charge >= 0.3 is 0 Å². The zero-order valence-corrected chi connectivity index (χ0v) is 13.6. The molecule has 1 aromatic rings. The third-order valence-corrected chi connectivity index (χ3v) is 5.03. The number of nitrogens with zero attached hydrogens (tertiary/aromatic N) is 2. The van der Waals surface area contributed by atoms with Crippen LogP contribution in [0.3, 0.4) is 0 Å². The van der Waals surface area contributed by atoms with E-state index in [0.29, 0.717) is 5.91 Å². The minimum atomic E-state index is 0.254. The van der Waals surface area contributed by atoms with Gasteiger partial charge in [0.1, 0.15) is 0 Å². The Balaban J connectivity index is 1.50.